The third kappa shape index (κ3) is 2.85. The van der Waals surface area contributed by atoms with Crippen LogP contribution in [-0.4, -0.2) is 42.3 Å². The first kappa shape index (κ1) is 12.8. The van der Waals surface area contributed by atoms with E-state index in [0.717, 1.165) is 25.8 Å². The molecule has 0 radical (unpaired) electrons. The van der Waals surface area contributed by atoms with Crippen molar-refractivity contribution in [2.45, 2.75) is 25.4 Å². The van der Waals surface area contributed by atoms with Gasteiger partial charge in [0.2, 0.25) is 17.8 Å². The smallest absolute Gasteiger partial charge is 0.241 e. The SMILES string of the molecule is Nc1nc(NCC2CCC(O)C2)nc(-n2ccnc2)n1. The molecule has 2 heterocycles. The first-order chi connectivity index (χ1) is 9.70. The molecular weight excluding hydrogens is 258 g/mol. The Kier molecular flexibility index (Phi) is 3.46. The van der Waals surface area contributed by atoms with E-state index >= 15 is 0 Å². The highest BCUT2D eigenvalue weighted by atomic mass is 16.3. The molecule has 0 aromatic carbocycles. The summed E-state index contributed by atoms with van der Waals surface area (Å²) in [5, 5.41) is 12.7. The minimum Gasteiger partial charge on any atom is -0.393 e. The molecular formula is C12H17N7O. The summed E-state index contributed by atoms with van der Waals surface area (Å²) in [6.07, 6.45) is 7.52. The monoisotopic (exact) mass is 275 g/mol. The second-order valence-electron chi connectivity index (χ2n) is 5.00. The molecule has 4 N–H and O–H groups in total. The van der Waals surface area contributed by atoms with Crippen LogP contribution in [0.1, 0.15) is 19.3 Å². The molecule has 2 unspecified atom stereocenters. The van der Waals surface area contributed by atoms with Gasteiger partial charge >= 0.3 is 0 Å². The fraction of sp³-hybridized carbons (Fsp3) is 0.500. The van der Waals surface area contributed by atoms with Gasteiger partial charge in [0.15, 0.2) is 0 Å². The van der Waals surface area contributed by atoms with Gasteiger partial charge in [-0.25, -0.2) is 4.98 Å². The number of hydrogen-bond acceptors (Lipinski definition) is 7. The molecule has 2 aromatic heterocycles. The van der Waals surface area contributed by atoms with E-state index in [1.165, 1.54) is 0 Å². The highest BCUT2D eigenvalue weighted by Crippen LogP contribution is 2.25. The molecule has 2 atom stereocenters. The number of nitrogen functional groups attached to an aromatic ring is 1. The summed E-state index contributed by atoms with van der Waals surface area (Å²) in [6, 6.07) is 0. The number of aliphatic hydroxyl groups excluding tert-OH is 1. The van der Waals surface area contributed by atoms with Crippen molar-refractivity contribution < 1.29 is 5.11 Å². The van der Waals surface area contributed by atoms with Gasteiger partial charge in [-0.1, -0.05) is 0 Å². The number of aromatic nitrogens is 5. The number of hydrogen-bond donors (Lipinski definition) is 3. The molecule has 0 aliphatic heterocycles. The Bertz CT molecular complexity index is 571. The van der Waals surface area contributed by atoms with Gasteiger partial charge in [-0.3, -0.25) is 4.57 Å². The van der Waals surface area contributed by atoms with Crippen molar-refractivity contribution in [3.8, 4) is 5.95 Å². The van der Waals surface area contributed by atoms with Crippen LogP contribution in [-0.2, 0) is 0 Å². The molecule has 1 aliphatic rings. The number of anilines is 2. The Hall–Kier alpha value is -2.22. The molecule has 1 fully saturated rings. The number of nitrogens with two attached hydrogens (primary N) is 1. The molecule has 3 rings (SSSR count). The summed E-state index contributed by atoms with van der Waals surface area (Å²) in [5.41, 5.74) is 5.70. The molecule has 1 saturated carbocycles. The Balaban J connectivity index is 1.70. The normalized spacial score (nSPS) is 22.1. The average Bonchev–Trinajstić information content (AvgIpc) is 3.07. The van der Waals surface area contributed by atoms with Crippen molar-refractivity contribution >= 4 is 11.9 Å². The Morgan fingerprint density at radius 2 is 2.25 bits per heavy atom. The van der Waals surface area contributed by atoms with Gasteiger partial charge in [0.05, 0.1) is 6.10 Å². The summed E-state index contributed by atoms with van der Waals surface area (Å²) >= 11 is 0. The van der Waals surface area contributed by atoms with Gasteiger partial charge < -0.3 is 16.2 Å². The molecule has 8 heteroatoms. The number of nitrogens with zero attached hydrogens (tertiary/aromatic N) is 5. The fourth-order valence-corrected chi connectivity index (χ4v) is 2.42. The van der Waals surface area contributed by atoms with E-state index in [4.69, 9.17) is 5.73 Å². The van der Waals surface area contributed by atoms with Crippen molar-refractivity contribution in [2.75, 3.05) is 17.6 Å². The summed E-state index contributed by atoms with van der Waals surface area (Å²) in [7, 11) is 0. The lowest BCUT2D eigenvalue weighted by Crippen LogP contribution is -2.16. The molecule has 0 amide bonds. The Labute approximate surface area is 116 Å². The topological polar surface area (TPSA) is 115 Å². The Morgan fingerprint density at radius 1 is 1.35 bits per heavy atom. The fourth-order valence-electron chi connectivity index (χ4n) is 2.42. The van der Waals surface area contributed by atoms with E-state index in [9.17, 15) is 5.11 Å². The van der Waals surface area contributed by atoms with E-state index in [-0.39, 0.29) is 12.1 Å². The number of rotatable bonds is 4. The zero-order chi connectivity index (χ0) is 13.9. The van der Waals surface area contributed by atoms with Crippen LogP contribution in [0.5, 0.6) is 0 Å². The summed E-state index contributed by atoms with van der Waals surface area (Å²) in [4.78, 5) is 16.4. The van der Waals surface area contributed by atoms with Crippen molar-refractivity contribution in [2.24, 2.45) is 5.92 Å². The van der Waals surface area contributed by atoms with E-state index in [1.54, 1.807) is 23.3 Å². The van der Waals surface area contributed by atoms with Crippen LogP contribution >= 0.6 is 0 Å². The maximum atomic E-state index is 9.51. The van der Waals surface area contributed by atoms with Gasteiger partial charge in [0.25, 0.3) is 0 Å². The molecule has 0 spiro atoms. The average molecular weight is 275 g/mol. The maximum absolute atomic E-state index is 9.51. The van der Waals surface area contributed by atoms with E-state index in [0.29, 0.717) is 17.8 Å². The summed E-state index contributed by atoms with van der Waals surface area (Å²) < 4.78 is 1.67. The minimum absolute atomic E-state index is 0.164. The molecule has 0 saturated heterocycles. The maximum Gasteiger partial charge on any atom is 0.241 e. The van der Waals surface area contributed by atoms with Gasteiger partial charge in [0.1, 0.15) is 6.33 Å². The predicted octanol–water partition coefficient (Wildman–Crippen LogP) is 0.212. The van der Waals surface area contributed by atoms with E-state index in [1.807, 2.05) is 0 Å². The number of aliphatic hydroxyl groups is 1. The minimum atomic E-state index is -0.174. The molecule has 8 nitrogen and oxygen atoms in total. The van der Waals surface area contributed by atoms with Gasteiger partial charge in [-0.05, 0) is 25.2 Å². The first-order valence-electron chi connectivity index (χ1n) is 6.62. The number of nitrogens with one attached hydrogen (secondary N) is 1. The highest BCUT2D eigenvalue weighted by Gasteiger charge is 2.22. The van der Waals surface area contributed by atoms with Crippen molar-refractivity contribution in [1.82, 2.24) is 24.5 Å². The highest BCUT2D eigenvalue weighted by molar-refractivity contribution is 5.35. The van der Waals surface area contributed by atoms with Gasteiger partial charge in [0, 0.05) is 18.9 Å². The third-order valence-corrected chi connectivity index (χ3v) is 3.44. The summed E-state index contributed by atoms with van der Waals surface area (Å²) in [5.74, 6) is 1.49. The molecule has 1 aliphatic carbocycles. The van der Waals surface area contributed by atoms with Crippen LogP contribution in [0.15, 0.2) is 18.7 Å². The van der Waals surface area contributed by atoms with Gasteiger partial charge in [-0.2, -0.15) is 15.0 Å². The van der Waals surface area contributed by atoms with Gasteiger partial charge in [-0.15, -0.1) is 0 Å². The summed E-state index contributed by atoms with van der Waals surface area (Å²) in [6.45, 7) is 0.726. The second-order valence-corrected chi connectivity index (χ2v) is 5.00. The first-order valence-corrected chi connectivity index (χ1v) is 6.62. The molecule has 106 valence electrons. The van der Waals surface area contributed by atoms with Crippen LogP contribution in [0.4, 0.5) is 11.9 Å². The largest absolute Gasteiger partial charge is 0.393 e. The third-order valence-electron chi connectivity index (χ3n) is 3.44. The van der Waals surface area contributed by atoms with E-state index in [2.05, 4.69) is 25.3 Å². The standard InChI is InChI=1S/C12H17N7O/c13-10-16-11(15-6-8-1-2-9(20)5-8)18-12(17-10)19-4-3-14-7-19/h3-4,7-9,20H,1-2,5-6H2,(H3,13,15,16,17,18). The molecule has 2 aromatic rings. The lowest BCUT2D eigenvalue weighted by Gasteiger charge is -2.11. The van der Waals surface area contributed by atoms with Crippen LogP contribution < -0.4 is 11.1 Å². The van der Waals surface area contributed by atoms with Crippen molar-refractivity contribution in [3.05, 3.63) is 18.7 Å². The van der Waals surface area contributed by atoms with Crippen LogP contribution in [0, 0.1) is 5.92 Å². The zero-order valence-corrected chi connectivity index (χ0v) is 11.0. The molecule has 20 heavy (non-hydrogen) atoms. The number of imidazole rings is 1. The Morgan fingerprint density at radius 3 is 2.95 bits per heavy atom. The van der Waals surface area contributed by atoms with E-state index < -0.39 is 0 Å². The van der Waals surface area contributed by atoms with Crippen LogP contribution in [0.25, 0.3) is 5.95 Å². The molecule has 0 bridgehead atoms. The lowest BCUT2D eigenvalue weighted by molar-refractivity contribution is 0.178. The van der Waals surface area contributed by atoms with Crippen molar-refractivity contribution in [3.63, 3.8) is 0 Å². The van der Waals surface area contributed by atoms with Crippen LogP contribution in [0.3, 0.4) is 0 Å². The predicted molar refractivity (Wildman–Crippen MR) is 73.2 cm³/mol. The quantitative estimate of drug-likeness (QED) is 0.730. The zero-order valence-electron chi connectivity index (χ0n) is 11.0. The van der Waals surface area contributed by atoms with Crippen LogP contribution in [0.2, 0.25) is 0 Å². The second kappa shape index (κ2) is 5.41. The lowest BCUT2D eigenvalue weighted by atomic mass is 10.1. The van der Waals surface area contributed by atoms with Crippen molar-refractivity contribution in [1.29, 1.82) is 0 Å².